The number of oxazole rings is 1. The standard InChI is InChI=1S/C25H24N4O5S/c1-17-23(18(2)34-27-17)35(31,32)29-14-12-28(13-15-29)25(30)21-11-7-6-10-20(21)24-26-16-22(33-24)19-8-4-3-5-9-19/h3-11,16H,12-15H2,1-2H3. The molecular formula is C25H24N4O5S. The molecule has 2 aromatic carbocycles. The quantitative estimate of drug-likeness (QED) is 0.417. The summed E-state index contributed by atoms with van der Waals surface area (Å²) in [5.41, 5.74) is 2.27. The Balaban J connectivity index is 1.34. The van der Waals surface area contributed by atoms with Gasteiger partial charge in [-0.25, -0.2) is 13.4 Å². The number of sulfonamides is 1. The molecule has 9 nitrogen and oxygen atoms in total. The van der Waals surface area contributed by atoms with Crippen molar-refractivity contribution in [2.45, 2.75) is 18.7 Å². The molecule has 0 saturated carbocycles. The van der Waals surface area contributed by atoms with Crippen LogP contribution in [0, 0.1) is 13.8 Å². The molecule has 0 bridgehead atoms. The van der Waals surface area contributed by atoms with Crippen molar-refractivity contribution in [3.05, 3.63) is 77.8 Å². The molecule has 0 aliphatic carbocycles. The predicted molar refractivity (Wildman–Crippen MR) is 128 cm³/mol. The van der Waals surface area contributed by atoms with Gasteiger partial charge in [-0.05, 0) is 26.0 Å². The van der Waals surface area contributed by atoms with Crippen LogP contribution >= 0.6 is 0 Å². The lowest BCUT2D eigenvalue weighted by Gasteiger charge is -2.34. The number of carbonyl (C=O) groups excluding carboxylic acids is 1. The number of nitrogens with zero attached hydrogens (tertiary/aromatic N) is 4. The fourth-order valence-electron chi connectivity index (χ4n) is 4.26. The van der Waals surface area contributed by atoms with Crippen LogP contribution in [0.25, 0.3) is 22.8 Å². The van der Waals surface area contributed by atoms with Gasteiger partial charge in [-0.2, -0.15) is 4.31 Å². The van der Waals surface area contributed by atoms with Gasteiger partial charge in [-0.1, -0.05) is 47.6 Å². The number of aromatic nitrogens is 2. The van der Waals surface area contributed by atoms with Gasteiger partial charge in [0, 0.05) is 37.3 Å². The summed E-state index contributed by atoms with van der Waals surface area (Å²) in [4.78, 5) is 19.6. The number of piperazine rings is 1. The molecule has 1 fully saturated rings. The summed E-state index contributed by atoms with van der Waals surface area (Å²) in [6.45, 7) is 4.06. The maximum Gasteiger partial charge on any atom is 0.254 e. The Morgan fingerprint density at radius 3 is 2.31 bits per heavy atom. The van der Waals surface area contributed by atoms with Gasteiger partial charge < -0.3 is 13.8 Å². The minimum atomic E-state index is -3.75. The molecule has 1 amide bonds. The largest absolute Gasteiger partial charge is 0.436 e. The van der Waals surface area contributed by atoms with Crippen LogP contribution in [0.2, 0.25) is 0 Å². The lowest BCUT2D eigenvalue weighted by Crippen LogP contribution is -2.50. The van der Waals surface area contributed by atoms with Crippen molar-refractivity contribution in [2.24, 2.45) is 0 Å². The number of hydrogen-bond acceptors (Lipinski definition) is 7. The molecule has 2 aromatic heterocycles. The molecule has 0 radical (unpaired) electrons. The smallest absolute Gasteiger partial charge is 0.254 e. The van der Waals surface area contributed by atoms with Crippen molar-refractivity contribution in [1.29, 1.82) is 0 Å². The summed E-state index contributed by atoms with van der Waals surface area (Å²) in [6.07, 6.45) is 1.64. The first-order valence-corrected chi connectivity index (χ1v) is 12.6. The predicted octanol–water partition coefficient (Wildman–Crippen LogP) is 3.76. The van der Waals surface area contributed by atoms with Crippen molar-refractivity contribution in [3.63, 3.8) is 0 Å². The van der Waals surface area contributed by atoms with E-state index in [4.69, 9.17) is 8.94 Å². The van der Waals surface area contributed by atoms with E-state index in [0.717, 1.165) is 5.56 Å². The van der Waals surface area contributed by atoms with Gasteiger partial charge in [0.25, 0.3) is 5.91 Å². The topological polar surface area (TPSA) is 110 Å². The van der Waals surface area contributed by atoms with Gasteiger partial charge >= 0.3 is 0 Å². The Morgan fingerprint density at radius 1 is 0.943 bits per heavy atom. The molecule has 180 valence electrons. The van der Waals surface area contributed by atoms with E-state index in [1.165, 1.54) is 4.31 Å². The third-order valence-corrected chi connectivity index (χ3v) is 8.19. The third-order valence-electron chi connectivity index (χ3n) is 6.04. The zero-order chi connectivity index (χ0) is 24.6. The van der Waals surface area contributed by atoms with Crippen LogP contribution in [0.4, 0.5) is 0 Å². The third kappa shape index (κ3) is 4.26. The van der Waals surface area contributed by atoms with Crippen molar-refractivity contribution in [1.82, 2.24) is 19.3 Å². The first-order chi connectivity index (χ1) is 16.9. The summed E-state index contributed by atoms with van der Waals surface area (Å²) < 4.78 is 38.6. The number of amides is 1. The van der Waals surface area contributed by atoms with E-state index in [0.29, 0.717) is 28.5 Å². The van der Waals surface area contributed by atoms with E-state index < -0.39 is 10.0 Å². The normalized spacial score (nSPS) is 14.9. The second kappa shape index (κ2) is 9.12. The molecule has 3 heterocycles. The van der Waals surface area contributed by atoms with Crippen molar-refractivity contribution in [3.8, 4) is 22.8 Å². The maximum atomic E-state index is 13.4. The van der Waals surface area contributed by atoms with E-state index >= 15 is 0 Å². The first-order valence-electron chi connectivity index (χ1n) is 11.2. The van der Waals surface area contributed by atoms with Crippen LogP contribution < -0.4 is 0 Å². The number of benzene rings is 2. The molecule has 1 aliphatic rings. The Labute approximate surface area is 203 Å². The highest BCUT2D eigenvalue weighted by Gasteiger charge is 2.35. The average molecular weight is 493 g/mol. The summed E-state index contributed by atoms with van der Waals surface area (Å²) in [6, 6.07) is 16.8. The van der Waals surface area contributed by atoms with Crippen molar-refractivity contribution in [2.75, 3.05) is 26.2 Å². The first kappa shape index (κ1) is 23.0. The van der Waals surface area contributed by atoms with Crippen LogP contribution in [-0.4, -0.2) is 59.8 Å². The van der Waals surface area contributed by atoms with E-state index in [1.807, 2.05) is 36.4 Å². The van der Waals surface area contributed by atoms with Gasteiger partial charge in [-0.15, -0.1) is 0 Å². The minimum Gasteiger partial charge on any atom is -0.436 e. The summed E-state index contributed by atoms with van der Waals surface area (Å²) in [5, 5.41) is 3.76. The molecule has 0 atom stereocenters. The molecule has 10 heteroatoms. The second-order valence-electron chi connectivity index (χ2n) is 8.29. The maximum absolute atomic E-state index is 13.4. The Morgan fingerprint density at radius 2 is 1.63 bits per heavy atom. The number of rotatable bonds is 5. The van der Waals surface area contributed by atoms with E-state index in [1.54, 1.807) is 43.1 Å². The number of aryl methyl sites for hydroxylation is 2. The van der Waals surface area contributed by atoms with Gasteiger partial charge in [0.15, 0.2) is 11.5 Å². The SMILES string of the molecule is Cc1noc(C)c1S(=O)(=O)N1CCN(C(=O)c2ccccc2-c2ncc(-c3ccccc3)o2)CC1. The van der Waals surface area contributed by atoms with Crippen molar-refractivity contribution >= 4 is 15.9 Å². The lowest BCUT2D eigenvalue weighted by molar-refractivity contribution is 0.0698. The van der Waals surface area contributed by atoms with Crippen LogP contribution in [0.3, 0.4) is 0 Å². The monoisotopic (exact) mass is 492 g/mol. The Kier molecular flexibility index (Phi) is 6.00. The fraction of sp³-hybridized carbons (Fsp3) is 0.240. The molecule has 35 heavy (non-hydrogen) atoms. The number of hydrogen-bond donors (Lipinski definition) is 0. The molecule has 0 unspecified atom stereocenters. The van der Waals surface area contributed by atoms with E-state index in [-0.39, 0.29) is 42.7 Å². The van der Waals surface area contributed by atoms with Crippen LogP contribution in [0.15, 0.2) is 74.6 Å². The average Bonchev–Trinajstić information content (AvgIpc) is 3.51. The summed E-state index contributed by atoms with van der Waals surface area (Å²) >= 11 is 0. The van der Waals surface area contributed by atoms with Gasteiger partial charge in [0.2, 0.25) is 15.9 Å². The van der Waals surface area contributed by atoms with E-state index in [2.05, 4.69) is 10.1 Å². The zero-order valence-electron chi connectivity index (χ0n) is 19.3. The van der Waals surface area contributed by atoms with Gasteiger partial charge in [0.05, 0.1) is 11.8 Å². The minimum absolute atomic E-state index is 0.0979. The molecule has 1 aliphatic heterocycles. The molecule has 0 spiro atoms. The van der Waals surface area contributed by atoms with Gasteiger partial charge in [0.1, 0.15) is 10.6 Å². The highest BCUT2D eigenvalue weighted by molar-refractivity contribution is 7.89. The Hall–Kier alpha value is -3.76. The number of carbonyl (C=O) groups is 1. The molecule has 4 aromatic rings. The molecule has 0 N–H and O–H groups in total. The fourth-order valence-corrected chi connectivity index (χ4v) is 5.98. The van der Waals surface area contributed by atoms with Gasteiger partial charge in [-0.3, -0.25) is 4.79 Å². The highest BCUT2D eigenvalue weighted by atomic mass is 32.2. The van der Waals surface area contributed by atoms with Crippen LogP contribution in [0.5, 0.6) is 0 Å². The van der Waals surface area contributed by atoms with Crippen LogP contribution in [0.1, 0.15) is 21.8 Å². The molecule has 5 rings (SSSR count). The Bertz CT molecular complexity index is 1450. The highest BCUT2D eigenvalue weighted by Crippen LogP contribution is 2.29. The van der Waals surface area contributed by atoms with Crippen LogP contribution in [-0.2, 0) is 10.0 Å². The lowest BCUT2D eigenvalue weighted by atomic mass is 10.1. The summed E-state index contributed by atoms with van der Waals surface area (Å²) in [7, 11) is -3.75. The van der Waals surface area contributed by atoms with Crippen molar-refractivity contribution < 1.29 is 22.2 Å². The molecular weight excluding hydrogens is 468 g/mol. The zero-order valence-corrected chi connectivity index (χ0v) is 20.2. The molecule has 1 saturated heterocycles. The van der Waals surface area contributed by atoms with E-state index in [9.17, 15) is 13.2 Å². The summed E-state index contributed by atoms with van der Waals surface area (Å²) in [5.74, 6) is 1.03. The second-order valence-corrected chi connectivity index (χ2v) is 10.2.